The van der Waals surface area contributed by atoms with E-state index in [-0.39, 0.29) is 29.8 Å². The van der Waals surface area contributed by atoms with Crippen LogP contribution in [0.25, 0.3) is 0 Å². The van der Waals surface area contributed by atoms with Crippen molar-refractivity contribution in [2.75, 3.05) is 19.6 Å². The predicted molar refractivity (Wildman–Crippen MR) is 93.4 cm³/mol. The molecule has 1 aliphatic heterocycles. The standard InChI is InChI=1S/C17H32N4O3/c1-6-18-17(24)20-15(22)13(5)21-9-7-14(8-10-21)16(23)19-12(4)11(2)3/h11-14H,6-10H2,1-5H3,(H,19,23)(H2,18,20,22,24)/t12-,13+/m1/s1. The lowest BCUT2D eigenvalue weighted by Gasteiger charge is -2.35. The van der Waals surface area contributed by atoms with Gasteiger partial charge in [0.2, 0.25) is 11.8 Å². The fraction of sp³-hybridized carbons (Fsp3) is 0.824. The maximum absolute atomic E-state index is 12.3. The molecule has 0 aliphatic carbocycles. The number of rotatable bonds is 6. The first-order valence-corrected chi connectivity index (χ1v) is 8.89. The van der Waals surface area contributed by atoms with Gasteiger partial charge < -0.3 is 10.6 Å². The van der Waals surface area contributed by atoms with Gasteiger partial charge in [-0.1, -0.05) is 13.8 Å². The normalized spacial score (nSPS) is 18.8. The molecule has 0 unspecified atom stereocenters. The molecule has 4 amide bonds. The number of nitrogens with zero attached hydrogens (tertiary/aromatic N) is 1. The van der Waals surface area contributed by atoms with Gasteiger partial charge in [0.15, 0.2) is 0 Å². The van der Waals surface area contributed by atoms with E-state index in [4.69, 9.17) is 0 Å². The number of carbonyl (C=O) groups is 3. The molecule has 0 bridgehead atoms. The van der Waals surface area contributed by atoms with Crippen molar-refractivity contribution in [3.8, 4) is 0 Å². The second kappa shape index (κ2) is 9.61. The highest BCUT2D eigenvalue weighted by atomic mass is 16.2. The molecule has 0 aromatic rings. The minimum absolute atomic E-state index is 0.00102. The van der Waals surface area contributed by atoms with Crippen molar-refractivity contribution in [1.82, 2.24) is 20.9 Å². The number of nitrogens with one attached hydrogen (secondary N) is 3. The van der Waals surface area contributed by atoms with Crippen LogP contribution in [0.3, 0.4) is 0 Å². The minimum atomic E-state index is -0.466. The van der Waals surface area contributed by atoms with E-state index in [0.717, 1.165) is 12.8 Å². The average Bonchev–Trinajstić information content (AvgIpc) is 2.54. The zero-order chi connectivity index (χ0) is 18.3. The smallest absolute Gasteiger partial charge is 0.321 e. The van der Waals surface area contributed by atoms with Crippen LogP contribution in [0, 0.1) is 11.8 Å². The van der Waals surface area contributed by atoms with E-state index >= 15 is 0 Å². The summed E-state index contributed by atoms with van der Waals surface area (Å²) in [6, 6.07) is -0.685. The molecule has 0 spiro atoms. The third-order valence-electron chi connectivity index (χ3n) is 4.77. The molecule has 1 saturated heterocycles. The number of imide groups is 1. The molecule has 3 N–H and O–H groups in total. The van der Waals surface area contributed by atoms with E-state index in [1.165, 1.54) is 0 Å². The lowest BCUT2D eigenvalue weighted by Crippen LogP contribution is -2.52. The van der Waals surface area contributed by atoms with E-state index in [1.54, 1.807) is 13.8 Å². The summed E-state index contributed by atoms with van der Waals surface area (Å²) in [6.45, 7) is 11.6. The van der Waals surface area contributed by atoms with Crippen molar-refractivity contribution in [2.24, 2.45) is 11.8 Å². The highest BCUT2D eigenvalue weighted by Crippen LogP contribution is 2.20. The number of carbonyl (C=O) groups excluding carboxylic acids is 3. The van der Waals surface area contributed by atoms with Gasteiger partial charge >= 0.3 is 6.03 Å². The molecule has 0 aromatic heterocycles. The molecule has 7 heteroatoms. The van der Waals surface area contributed by atoms with Crippen LogP contribution in [0.5, 0.6) is 0 Å². The number of hydrogen-bond donors (Lipinski definition) is 3. The summed E-state index contributed by atoms with van der Waals surface area (Å²) in [7, 11) is 0. The maximum atomic E-state index is 12.3. The Morgan fingerprint density at radius 3 is 2.17 bits per heavy atom. The molecule has 0 saturated carbocycles. The Morgan fingerprint density at radius 1 is 1.08 bits per heavy atom. The molecule has 1 heterocycles. The summed E-state index contributed by atoms with van der Waals surface area (Å²) in [4.78, 5) is 37.8. The molecule has 1 aliphatic rings. The van der Waals surface area contributed by atoms with E-state index < -0.39 is 6.03 Å². The highest BCUT2D eigenvalue weighted by Gasteiger charge is 2.30. The number of hydrogen-bond acceptors (Lipinski definition) is 4. The van der Waals surface area contributed by atoms with Gasteiger partial charge in [-0.15, -0.1) is 0 Å². The number of amides is 4. The van der Waals surface area contributed by atoms with Crippen molar-refractivity contribution in [2.45, 2.75) is 59.5 Å². The summed E-state index contributed by atoms with van der Waals surface area (Å²) in [6.07, 6.45) is 1.46. The quantitative estimate of drug-likeness (QED) is 0.675. The SMILES string of the molecule is CCNC(=O)NC(=O)[C@H](C)N1CCC(C(=O)N[C@H](C)C(C)C)CC1. The largest absolute Gasteiger partial charge is 0.353 e. The lowest BCUT2D eigenvalue weighted by molar-refractivity contribution is -0.128. The summed E-state index contributed by atoms with van der Waals surface area (Å²) >= 11 is 0. The first kappa shape index (κ1) is 20.4. The third-order valence-corrected chi connectivity index (χ3v) is 4.77. The average molecular weight is 340 g/mol. The van der Waals surface area contributed by atoms with Gasteiger partial charge in [0.05, 0.1) is 6.04 Å². The monoisotopic (exact) mass is 340 g/mol. The predicted octanol–water partition coefficient (Wildman–Crippen LogP) is 1.09. The molecular weight excluding hydrogens is 308 g/mol. The van der Waals surface area contributed by atoms with Crippen LogP contribution >= 0.6 is 0 Å². The number of piperidine rings is 1. The Balaban J connectivity index is 2.43. The fourth-order valence-corrected chi connectivity index (χ4v) is 2.64. The van der Waals surface area contributed by atoms with Crippen LogP contribution in [0.1, 0.15) is 47.5 Å². The molecule has 7 nitrogen and oxygen atoms in total. The Morgan fingerprint density at radius 2 is 1.67 bits per heavy atom. The van der Waals surface area contributed by atoms with Gasteiger partial charge in [0.1, 0.15) is 0 Å². The molecule has 24 heavy (non-hydrogen) atoms. The summed E-state index contributed by atoms with van der Waals surface area (Å²) in [5, 5.41) is 7.95. The maximum Gasteiger partial charge on any atom is 0.321 e. The molecule has 1 fully saturated rings. The molecule has 0 aromatic carbocycles. The van der Waals surface area contributed by atoms with Gasteiger partial charge in [-0.2, -0.15) is 0 Å². The van der Waals surface area contributed by atoms with Crippen LogP contribution in [0.2, 0.25) is 0 Å². The van der Waals surface area contributed by atoms with Crippen molar-refractivity contribution in [3.63, 3.8) is 0 Å². The lowest BCUT2D eigenvalue weighted by atomic mass is 9.94. The first-order chi connectivity index (χ1) is 11.3. The zero-order valence-corrected chi connectivity index (χ0v) is 15.5. The summed E-state index contributed by atoms with van der Waals surface area (Å²) in [5.74, 6) is 0.209. The second-order valence-corrected chi connectivity index (χ2v) is 6.88. The molecular formula is C17H32N4O3. The summed E-state index contributed by atoms with van der Waals surface area (Å²) < 4.78 is 0. The van der Waals surface area contributed by atoms with Crippen LogP contribution in [0.4, 0.5) is 4.79 Å². The van der Waals surface area contributed by atoms with Gasteiger partial charge in [-0.05, 0) is 52.6 Å². The highest BCUT2D eigenvalue weighted by molar-refractivity contribution is 5.96. The first-order valence-electron chi connectivity index (χ1n) is 8.89. The van der Waals surface area contributed by atoms with E-state index in [1.807, 2.05) is 11.8 Å². The topological polar surface area (TPSA) is 90.5 Å². The van der Waals surface area contributed by atoms with Crippen LogP contribution in [-0.4, -0.2) is 54.5 Å². The van der Waals surface area contributed by atoms with Gasteiger partial charge in [0, 0.05) is 18.5 Å². The van der Waals surface area contributed by atoms with Crippen molar-refractivity contribution >= 4 is 17.8 Å². The van der Waals surface area contributed by atoms with E-state index in [2.05, 4.69) is 29.8 Å². The minimum Gasteiger partial charge on any atom is -0.353 e. The Hall–Kier alpha value is -1.63. The Kier molecular flexibility index (Phi) is 8.18. The van der Waals surface area contributed by atoms with Crippen molar-refractivity contribution in [1.29, 1.82) is 0 Å². The van der Waals surface area contributed by atoms with Gasteiger partial charge in [0.25, 0.3) is 0 Å². The number of urea groups is 1. The third kappa shape index (κ3) is 6.11. The Bertz CT molecular complexity index is 445. The fourth-order valence-electron chi connectivity index (χ4n) is 2.64. The molecule has 138 valence electrons. The number of likely N-dealkylation sites (tertiary alicyclic amines) is 1. The van der Waals surface area contributed by atoms with Crippen LogP contribution in [-0.2, 0) is 9.59 Å². The molecule has 0 radical (unpaired) electrons. The van der Waals surface area contributed by atoms with E-state index in [9.17, 15) is 14.4 Å². The Labute approximate surface area is 144 Å². The molecule has 1 rings (SSSR count). The molecule has 2 atom stereocenters. The second-order valence-electron chi connectivity index (χ2n) is 6.88. The van der Waals surface area contributed by atoms with Crippen LogP contribution in [0.15, 0.2) is 0 Å². The zero-order valence-electron chi connectivity index (χ0n) is 15.5. The summed E-state index contributed by atoms with van der Waals surface area (Å²) in [5.41, 5.74) is 0. The van der Waals surface area contributed by atoms with Crippen LogP contribution < -0.4 is 16.0 Å². The van der Waals surface area contributed by atoms with Crippen molar-refractivity contribution < 1.29 is 14.4 Å². The van der Waals surface area contributed by atoms with E-state index in [0.29, 0.717) is 25.6 Å². The van der Waals surface area contributed by atoms with Crippen molar-refractivity contribution in [3.05, 3.63) is 0 Å². The van der Waals surface area contributed by atoms with Gasteiger partial charge in [-0.25, -0.2) is 4.79 Å². The van der Waals surface area contributed by atoms with Gasteiger partial charge in [-0.3, -0.25) is 19.8 Å².